The number of benzene rings is 1. The number of hydrogen-bond acceptors (Lipinski definition) is 3. The topological polar surface area (TPSA) is 35.5 Å². The fourth-order valence-electron chi connectivity index (χ4n) is 2.87. The van der Waals surface area contributed by atoms with Gasteiger partial charge in [0.2, 0.25) is 0 Å². The van der Waals surface area contributed by atoms with E-state index in [0.717, 1.165) is 11.1 Å². The molecule has 1 aromatic carbocycles. The molecule has 0 atom stereocenters. The van der Waals surface area contributed by atoms with E-state index in [1.54, 1.807) is 14.2 Å². The van der Waals surface area contributed by atoms with Crippen LogP contribution in [0.15, 0.2) is 12.1 Å². The third kappa shape index (κ3) is 3.09. The standard InChI is InChI=1S/C16H22O3/c1-11-8-15(18-2)16(19-3)10-13(11)14(17)9-12-6-4-5-7-12/h8,10,12H,4-7,9H2,1-3H3. The number of methoxy groups -OCH3 is 2. The van der Waals surface area contributed by atoms with Gasteiger partial charge in [0.15, 0.2) is 17.3 Å². The number of carbonyl (C=O) groups excluding carboxylic acids is 1. The molecular formula is C16H22O3. The van der Waals surface area contributed by atoms with Crippen molar-refractivity contribution in [3.63, 3.8) is 0 Å². The second kappa shape index (κ2) is 6.09. The maximum absolute atomic E-state index is 12.4. The average molecular weight is 262 g/mol. The molecule has 0 aromatic heterocycles. The second-order valence-electron chi connectivity index (χ2n) is 5.30. The van der Waals surface area contributed by atoms with Crippen molar-refractivity contribution in [1.29, 1.82) is 0 Å². The molecule has 1 aliphatic carbocycles. The Morgan fingerprint density at radius 1 is 1.16 bits per heavy atom. The second-order valence-corrected chi connectivity index (χ2v) is 5.30. The van der Waals surface area contributed by atoms with Gasteiger partial charge < -0.3 is 9.47 Å². The van der Waals surface area contributed by atoms with Crippen LogP contribution in [0.25, 0.3) is 0 Å². The molecule has 0 bridgehead atoms. The largest absolute Gasteiger partial charge is 0.493 e. The maximum atomic E-state index is 12.4. The van der Waals surface area contributed by atoms with E-state index < -0.39 is 0 Å². The Morgan fingerprint density at radius 3 is 2.32 bits per heavy atom. The molecule has 0 heterocycles. The van der Waals surface area contributed by atoms with Crippen LogP contribution in [-0.2, 0) is 0 Å². The highest BCUT2D eigenvalue weighted by atomic mass is 16.5. The minimum atomic E-state index is 0.227. The van der Waals surface area contributed by atoms with Gasteiger partial charge in [-0.2, -0.15) is 0 Å². The van der Waals surface area contributed by atoms with Gasteiger partial charge in [0, 0.05) is 12.0 Å². The van der Waals surface area contributed by atoms with Crippen molar-refractivity contribution in [2.45, 2.75) is 39.0 Å². The quantitative estimate of drug-likeness (QED) is 0.758. The zero-order valence-electron chi connectivity index (χ0n) is 12.0. The highest BCUT2D eigenvalue weighted by molar-refractivity contribution is 5.98. The van der Waals surface area contributed by atoms with Crippen LogP contribution in [-0.4, -0.2) is 20.0 Å². The first-order valence-corrected chi connectivity index (χ1v) is 6.91. The van der Waals surface area contributed by atoms with Crippen molar-refractivity contribution in [2.75, 3.05) is 14.2 Å². The first kappa shape index (κ1) is 13.9. The molecule has 0 N–H and O–H groups in total. The van der Waals surface area contributed by atoms with Gasteiger partial charge in [-0.1, -0.05) is 25.7 Å². The molecule has 0 amide bonds. The van der Waals surface area contributed by atoms with Crippen LogP contribution in [0.3, 0.4) is 0 Å². The van der Waals surface area contributed by atoms with Gasteiger partial charge in [-0.3, -0.25) is 4.79 Å². The Morgan fingerprint density at radius 2 is 1.74 bits per heavy atom. The molecule has 0 unspecified atom stereocenters. The van der Waals surface area contributed by atoms with E-state index in [0.29, 0.717) is 23.8 Å². The third-order valence-electron chi connectivity index (χ3n) is 3.98. The van der Waals surface area contributed by atoms with Crippen molar-refractivity contribution in [1.82, 2.24) is 0 Å². The number of Topliss-reactive ketones (excluding diaryl/α,β-unsaturated/α-hetero) is 1. The van der Waals surface area contributed by atoms with Gasteiger partial charge >= 0.3 is 0 Å². The summed E-state index contributed by atoms with van der Waals surface area (Å²) in [6, 6.07) is 3.69. The Labute approximate surface area is 114 Å². The average Bonchev–Trinajstić information content (AvgIpc) is 2.90. The van der Waals surface area contributed by atoms with Gasteiger partial charge in [0.05, 0.1) is 14.2 Å². The van der Waals surface area contributed by atoms with Crippen LogP contribution in [0.1, 0.15) is 48.0 Å². The van der Waals surface area contributed by atoms with E-state index in [-0.39, 0.29) is 5.78 Å². The normalized spacial score (nSPS) is 15.5. The SMILES string of the molecule is COc1cc(C)c(C(=O)CC2CCCC2)cc1OC. The third-order valence-corrected chi connectivity index (χ3v) is 3.98. The number of hydrogen-bond donors (Lipinski definition) is 0. The molecule has 3 nitrogen and oxygen atoms in total. The summed E-state index contributed by atoms with van der Waals surface area (Å²) in [5.41, 5.74) is 1.73. The smallest absolute Gasteiger partial charge is 0.163 e. The summed E-state index contributed by atoms with van der Waals surface area (Å²) in [5, 5.41) is 0. The lowest BCUT2D eigenvalue weighted by molar-refractivity contribution is 0.0961. The fraction of sp³-hybridized carbons (Fsp3) is 0.562. The summed E-state index contributed by atoms with van der Waals surface area (Å²) in [7, 11) is 3.20. The van der Waals surface area contributed by atoms with Gasteiger partial charge in [-0.25, -0.2) is 0 Å². The van der Waals surface area contributed by atoms with E-state index in [1.807, 2.05) is 19.1 Å². The summed E-state index contributed by atoms with van der Waals surface area (Å²) in [6.07, 6.45) is 5.58. The monoisotopic (exact) mass is 262 g/mol. The summed E-state index contributed by atoms with van der Waals surface area (Å²) >= 11 is 0. The minimum Gasteiger partial charge on any atom is -0.493 e. The van der Waals surface area contributed by atoms with Gasteiger partial charge in [0.1, 0.15) is 0 Å². The molecule has 0 radical (unpaired) electrons. The van der Waals surface area contributed by atoms with E-state index in [4.69, 9.17) is 9.47 Å². The highest BCUT2D eigenvalue weighted by Crippen LogP contribution is 2.33. The van der Waals surface area contributed by atoms with Crippen molar-refractivity contribution in [3.05, 3.63) is 23.3 Å². The number of carbonyl (C=O) groups is 1. The molecule has 1 aliphatic rings. The van der Waals surface area contributed by atoms with Crippen molar-refractivity contribution in [2.24, 2.45) is 5.92 Å². The molecular weight excluding hydrogens is 240 g/mol. The number of ketones is 1. The van der Waals surface area contributed by atoms with E-state index >= 15 is 0 Å². The Balaban J connectivity index is 2.20. The number of rotatable bonds is 5. The van der Waals surface area contributed by atoms with Crippen LogP contribution < -0.4 is 9.47 Å². The minimum absolute atomic E-state index is 0.227. The number of aryl methyl sites for hydroxylation is 1. The van der Waals surface area contributed by atoms with Gasteiger partial charge in [0.25, 0.3) is 0 Å². The van der Waals surface area contributed by atoms with Crippen LogP contribution >= 0.6 is 0 Å². The fourth-order valence-corrected chi connectivity index (χ4v) is 2.87. The molecule has 0 spiro atoms. The predicted molar refractivity (Wildman–Crippen MR) is 75.2 cm³/mol. The summed E-state index contributed by atoms with van der Waals surface area (Å²) < 4.78 is 10.5. The molecule has 3 heteroatoms. The first-order chi connectivity index (χ1) is 9.15. The predicted octanol–water partition coefficient (Wildman–Crippen LogP) is 3.78. The Bertz CT molecular complexity index is 459. The lowest BCUT2D eigenvalue weighted by Gasteiger charge is -2.13. The molecule has 1 aromatic rings. The highest BCUT2D eigenvalue weighted by Gasteiger charge is 2.21. The molecule has 1 fully saturated rings. The van der Waals surface area contributed by atoms with Crippen molar-refractivity contribution < 1.29 is 14.3 Å². The van der Waals surface area contributed by atoms with Crippen LogP contribution in [0.5, 0.6) is 11.5 Å². The Kier molecular flexibility index (Phi) is 4.46. The number of ether oxygens (including phenoxy) is 2. The van der Waals surface area contributed by atoms with Crippen LogP contribution in [0.4, 0.5) is 0 Å². The van der Waals surface area contributed by atoms with E-state index in [2.05, 4.69) is 0 Å². The first-order valence-electron chi connectivity index (χ1n) is 6.91. The molecule has 1 saturated carbocycles. The zero-order chi connectivity index (χ0) is 13.8. The molecule has 2 rings (SSSR count). The summed E-state index contributed by atoms with van der Waals surface area (Å²) in [6.45, 7) is 1.95. The molecule has 0 saturated heterocycles. The summed E-state index contributed by atoms with van der Waals surface area (Å²) in [4.78, 5) is 12.4. The van der Waals surface area contributed by atoms with Crippen molar-refractivity contribution in [3.8, 4) is 11.5 Å². The van der Waals surface area contributed by atoms with Crippen LogP contribution in [0, 0.1) is 12.8 Å². The van der Waals surface area contributed by atoms with E-state index in [1.165, 1.54) is 25.7 Å². The molecule has 104 valence electrons. The summed E-state index contributed by atoms with van der Waals surface area (Å²) in [5.74, 6) is 2.10. The lowest BCUT2D eigenvalue weighted by atomic mass is 9.94. The van der Waals surface area contributed by atoms with E-state index in [9.17, 15) is 4.79 Å². The molecule has 0 aliphatic heterocycles. The Hall–Kier alpha value is -1.51. The van der Waals surface area contributed by atoms with Crippen molar-refractivity contribution >= 4 is 5.78 Å². The van der Waals surface area contributed by atoms with Crippen LogP contribution in [0.2, 0.25) is 0 Å². The van der Waals surface area contributed by atoms with Gasteiger partial charge in [-0.15, -0.1) is 0 Å². The lowest BCUT2D eigenvalue weighted by Crippen LogP contribution is -2.08. The van der Waals surface area contributed by atoms with Gasteiger partial charge in [-0.05, 0) is 30.5 Å². The zero-order valence-corrected chi connectivity index (χ0v) is 12.0. The maximum Gasteiger partial charge on any atom is 0.163 e. The molecule has 19 heavy (non-hydrogen) atoms.